The second kappa shape index (κ2) is 4.96. The maximum atomic E-state index is 9.44. The van der Waals surface area contributed by atoms with Crippen LogP contribution in [0.25, 0.3) is 0 Å². The first-order valence-electron chi connectivity index (χ1n) is 6.38. The second-order valence-corrected chi connectivity index (χ2v) is 4.64. The number of hydrogen-bond donors (Lipinski definition) is 1. The highest BCUT2D eigenvalue weighted by molar-refractivity contribution is 5.44. The number of aromatic hydroxyl groups is 1. The highest BCUT2D eigenvalue weighted by atomic mass is 16.5. The molecular formula is C14H21NO2. The van der Waals surface area contributed by atoms with Crippen LogP contribution in [0.4, 0.5) is 0 Å². The van der Waals surface area contributed by atoms with Gasteiger partial charge in [-0.25, -0.2) is 0 Å². The van der Waals surface area contributed by atoms with Crippen LogP contribution in [0.3, 0.4) is 0 Å². The lowest BCUT2D eigenvalue weighted by Gasteiger charge is -2.32. The van der Waals surface area contributed by atoms with E-state index in [4.69, 9.17) is 4.74 Å². The molecule has 0 bridgehead atoms. The van der Waals surface area contributed by atoms with Gasteiger partial charge in [-0.15, -0.1) is 0 Å². The zero-order valence-electron chi connectivity index (χ0n) is 10.8. The molecule has 94 valence electrons. The molecule has 0 radical (unpaired) electrons. The van der Waals surface area contributed by atoms with E-state index in [9.17, 15) is 5.11 Å². The van der Waals surface area contributed by atoms with Gasteiger partial charge in [0.05, 0.1) is 6.04 Å². The summed E-state index contributed by atoms with van der Waals surface area (Å²) in [6, 6.07) is 6.30. The molecule has 0 saturated heterocycles. The van der Waals surface area contributed by atoms with Crippen molar-refractivity contribution in [2.75, 3.05) is 13.2 Å². The van der Waals surface area contributed by atoms with Crippen LogP contribution in [0.2, 0.25) is 0 Å². The van der Waals surface area contributed by atoms with Gasteiger partial charge in [-0.1, -0.05) is 13.8 Å². The number of ether oxygens (including phenoxy) is 1. The van der Waals surface area contributed by atoms with E-state index in [-0.39, 0.29) is 5.75 Å². The van der Waals surface area contributed by atoms with Crippen molar-refractivity contribution in [1.82, 2.24) is 4.90 Å². The molecule has 0 saturated carbocycles. The molecule has 2 rings (SSSR count). The molecule has 0 aromatic heterocycles. The third kappa shape index (κ3) is 2.25. The first kappa shape index (κ1) is 12.2. The molecule has 3 nitrogen and oxygen atoms in total. The summed E-state index contributed by atoms with van der Waals surface area (Å²) in [5, 5.41) is 9.44. The SMILES string of the molecule is CCC(C)N(CC)C1COc2cc(O)ccc21. The lowest BCUT2D eigenvalue weighted by Crippen LogP contribution is -2.36. The van der Waals surface area contributed by atoms with Crippen LogP contribution >= 0.6 is 0 Å². The van der Waals surface area contributed by atoms with Gasteiger partial charge in [-0.05, 0) is 32.0 Å². The van der Waals surface area contributed by atoms with Crippen LogP contribution < -0.4 is 4.74 Å². The zero-order valence-corrected chi connectivity index (χ0v) is 10.8. The Hall–Kier alpha value is -1.22. The maximum Gasteiger partial charge on any atom is 0.127 e. The predicted molar refractivity (Wildman–Crippen MR) is 68.5 cm³/mol. The summed E-state index contributed by atoms with van der Waals surface area (Å²) in [5.74, 6) is 1.10. The minimum atomic E-state index is 0.274. The van der Waals surface area contributed by atoms with Crippen LogP contribution in [0.5, 0.6) is 11.5 Å². The molecule has 0 fully saturated rings. The molecule has 1 N–H and O–H groups in total. The van der Waals surface area contributed by atoms with Crippen molar-refractivity contribution in [3.63, 3.8) is 0 Å². The van der Waals surface area contributed by atoms with E-state index in [0.717, 1.165) is 18.7 Å². The van der Waals surface area contributed by atoms with E-state index in [0.29, 0.717) is 18.7 Å². The lowest BCUT2D eigenvalue weighted by atomic mass is 10.0. The largest absolute Gasteiger partial charge is 0.508 e. The predicted octanol–water partition coefficient (Wildman–Crippen LogP) is 2.95. The molecule has 0 spiro atoms. The molecule has 0 aliphatic carbocycles. The number of likely N-dealkylation sites (N-methyl/N-ethyl adjacent to an activating group) is 1. The summed E-state index contributed by atoms with van der Waals surface area (Å²) in [6.45, 7) is 8.35. The Kier molecular flexibility index (Phi) is 3.57. The zero-order chi connectivity index (χ0) is 12.4. The average molecular weight is 235 g/mol. The Bertz CT molecular complexity index is 392. The third-order valence-electron chi connectivity index (χ3n) is 3.68. The van der Waals surface area contributed by atoms with Crippen molar-refractivity contribution < 1.29 is 9.84 Å². The molecular weight excluding hydrogens is 214 g/mol. The van der Waals surface area contributed by atoms with Gasteiger partial charge in [-0.3, -0.25) is 4.90 Å². The summed E-state index contributed by atoms with van der Waals surface area (Å²) in [5.41, 5.74) is 1.20. The lowest BCUT2D eigenvalue weighted by molar-refractivity contribution is 0.124. The Morgan fingerprint density at radius 2 is 2.24 bits per heavy atom. The first-order valence-corrected chi connectivity index (χ1v) is 6.38. The van der Waals surface area contributed by atoms with Crippen LogP contribution in [0, 0.1) is 0 Å². The van der Waals surface area contributed by atoms with Gasteiger partial charge in [0.2, 0.25) is 0 Å². The molecule has 2 atom stereocenters. The van der Waals surface area contributed by atoms with E-state index in [2.05, 4.69) is 25.7 Å². The highest BCUT2D eigenvalue weighted by Crippen LogP contribution is 2.38. The summed E-state index contributed by atoms with van der Waals surface area (Å²) in [4.78, 5) is 2.46. The van der Waals surface area contributed by atoms with Crippen molar-refractivity contribution in [2.24, 2.45) is 0 Å². The maximum absolute atomic E-state index is 9.44. The molecule has 1 aliphatic heterocycles. The molecule has 0 amide bonds. The topological polar surface area (TPSA) is 32.7 Å². The van der Waals surface area contributed by atoms with Crippen molar-refractivity contribution in [3.05, 3.63) is 23.8 Å². The number of phenols is 1. The summed E-state index contributed by atoms with van der Waals surface area (Å²) < 4.78 is 5.67. The van der Waals surface area contributed by atoms with Gasteiger partial charge < -0.3 is 9.84 Å². The van der Waals surface area contributed by atoms with Crippen molar-refractivity contribution in [1.29, 1.82) is 0 Å². The van der Waals surface area contributed by atoms with E-state index >= 15 is 0 Å². The molecule has 17 heavy (non-hydrogen) atoms. The number of benzene rings is 1. The van der Waals surface area contributed by atoms with Crippen molar-refractivity contribution in [2.45, 2.75) is 39.3 Å². The Morgan fingerprint density at radius 3 is 2.88 bits per heavy atom. The minimum Gasteiger partial charge on any atom is -0.508 e. The van der Waals surface area contributed by atoms with E-state index in [1.54, 1.807) is 12.1 Å². The number of hydrogen-bond acceptors (Lipinski definition) is 3. The monoisotopic (exact) mass is 235 g/mol. The van der Waals surface area contributed by atoms with Crippen LogP contribution in [-0.2, 0) is 0 Å². The third-order valence-corrected chi connectivity index (χ3v) is 3.68. The molecule has 1 aromatic carbocycles. The fraction of sp³-hybridized carbons (Fsp3) is 0.571. The fourth-order valence-corrected chi connectivity index (χ4v) is 2.53. The van der Waals surface area contributed by atoms with Crippen LogP contribution in [0.15, 0.2) is 18.2 Å². The van der Waals surface area contributed by atoms with Gasteiger partial charge in [0.25, 0.3) is 0 Å². The summed E-state index contributed by atoms with van der Waals surface area (Å²) in [7, 11) is 0. The summed E-state index contributed by atoms with van der Waals surface area (Å²) in [6.07, 6.45) is 1.14. The Balaban J connectivity index is 2.26. The Morgan fingerprint density at radius 1 is 1.47 bits per heavy atom. The van der Waals surface area contributed by atoms with Gasteiger partial charge in [-0.2, -0.15) is 0 Å². The normalized spacial score (nSPS) is 20.1. The van der Waals surface area contributed by atoms with E-state index in [1.165, 1.54) is 5.56 Å². The molecule has 3 heteroatoms. The molecule has 1 heterocycles. The first-order chi connectivity index (χ1) is 8.17. The van der Waals surface area contributed by atoms with Gasteiger partial charge in [0.15, 0.2) is 0 Å². The smallest absolute Gasteiger partial charge is 0.127 e. The summed E-state index contributed by atoms with van der Waals surface area (Å²) >= 11 is 0. The van der Waals surface area contributed by atoms with Crippen LogP contribution in [0.1, 0.15) is 38.8 Å². The van der Waals surface area contributed by atoms with Crippen LogP contribution in [-0.4, -0.2) is 29.2 Å². The molecule has 1 aliphatic rings. The minimum absolute atomic E-state index is 0.274. The van der Waals surface area contributed by atoms with Crippen molar-refractivity contribution >= 4 is 0 Å². The highest BCUT2D eigenvalue weighted by Gasteiger charge is 2.30. The number of nitrogens with zero attached hydrogens (tertiary/aromatic N) is 1. The van der Waals surface area contributed by atoms with Gasteiger partial charge >= 0.3 is 0 Å². The quantitative estimate of drug-likeness (QED) is 0.871. The number of rotatable bonds is 4. The standard InChI is InChI=1S/C14H21NO2/c1-4-10(3)15(5-2)13-9-17-14-8-11(16)6-7-12(13)14/h6-8,10,13,16H,4-5,9H2,1-3H3. The number of fused-ring (bicyclic) bond motifs is 1. The van der Waals surface area contributed by atoms with Gasteiger partial charge in [0, 0.05) is 17.7 Å². The molecule has 1 aromatic rings. The van der Waals surface area contributed by atoms with E-state index in [1.807, 2.05) is 6.07 Å². The second-order valence-electron chi connectivity index (χ2n) is 4.64. The Labute approximate surface area is 103 Å². The molecule has 2 unspecified atom stereocenters. The fourth-order valence-electron chi connectivity index (χ4n) is 2.53. The average Bonchev–Trinajstić information content (AvgIpc) is 2.73. The van der Waals surface area contributed by atoms with Crippen molar-refractivity contribution in [3.8, 4) is 11.5 Å². The van der Waals surface area contributed by atoms with Gasteiger partial charge in [0.1, 0.15) is 18.1 Å². The number of phenolic OH excluding ortho intramolecular Hbond substituents is 1. The van der Waals surface area contributed by atoms with E-state index < -0.39 is 0 Å².